The smallest absolute Gasteiger partial charge is 0.426 e. The maximum Gasteiger partial charge on any atom is 0.426 e. The predicted molar refractivity (Wildman–Crippen MR) is 79.8 cm³/mol. The Kier molecular flexibility index (Phi) is 4.06. The van der Waals surface area contributed by atoms with Crippen LogP contribution in [0.25, 0.3) is 0 Å². The fourth-order valence-electron chi connectivity index (χ4n) is 2.54. The summed E-state index contributed by atoms with van der Waals surface area (Å²) < 4.78 is 5.36. The van der Waals surface area contributed by atoms with E-state index in [9.17, 15) is 4.79 Å². The molecular weight excluding hydrogens is 270 g/mol. The van der Waals surface area contributed by atoms with E-state index in [0.29, 0.717) is 12.1 Å². The molecule has 0 aromatic carbocycles. The molecule has 1 saturated heterocycles. The molecule has 0 saturated carbocycles. The molecule has 1 aromatic heterocycles. The van der Waals surface area contributed by atoms with Gasteiger partial charge in [0.15, 0.2) is 0 Å². The summed E-state index contributed by atoms with van der Waals surface area (Å²) in [6, 6.07) is 1.78. The maximum absolute atomic E-state index is 12.3. The largest absolute Gasteiger partial charge is 0.443 e. The average Bonchev–Trinajstić information content (AvgIpc) is 2.86. The van der Waals surface area contributed by atoms with Crippen molar-refractivity contribution in [3.8, 4) is 0 Å². The first-order chi connectivity index (χ1) is 9.76. The van der Waals surface area contributed by atoms with E-state index in [2.05, 4.69) is 10.3 Å². The van der Waals surface area contributed by atoms with Crippen LogP contribution in [0.2, 0.25) is 0 Å². The van der Waals surface area contributed by atoms with Crippen LogP contribution in [0.3, 0.4) is 0 Å². The maximum atomic E-state index is 12.3. The summed E-state index contributed by atoms with van der Waals surface area (Å²) in [4.78, 5) is 16.3. The van der Waals surface area contributed by atoms with Gasteiger partial charge >= 0.3 is 6.09 Å². The number of amides is 1. The number of nitrogen functional groups attached to an aromatic ring is 1. The molecule has 0 radical (unpaired) electrons. The lowest BCUT2D eigenvalue weighted by Gasteiger charge is -2.39. The summed E-state index contributed by atoms with van der Waals surface area (Å²) >= 11 is 0. The Bertz CT molecular complexity index is 520. The highest BCUT2D eigenvalue weighted by atomic mass is 16.6. The van der Waals surface area contributed by atoms with Crippen molar-refractivity contribution in [2.75, 3.05) is 12.3 Å². The van der Waals surface area contributed by atoms with Gasteiger partial charge < -0.3 is 10.5 Å². The second-order valence-corrected chi connectivity index (χ2v) is 6.20. The third kappa shape index (κ3) is 3.08. The molecule has 7 nitrogen and oxygen atoms in total. The Morgan fingerprint density at radius 3 is 2.76 bits per heavy atom. The lowest BCUT2D eigenvalue weighted by Crippen LogP contribution is -2.60. The van der Waals surface area contributed by atoms with Crippen molar-refractivity contribution in [1.29, 1.82) is 0 Å². The fraction of sp³-hybridized carbons (Fsp3) is 0.571. The van der Waals surface area contributed by atoms with Crippen molar-refractivity contribution in [2.45, 2.75) is 44.9 Å². The second kappa shape index (κ2) is 5.50. The summed E-state index contributed by atoms with van der Waals surface area (Å²) in [6.45, 7) is 6.15. The molecule has 1 aliphatic rings. The molecule has 1 aromatic rings. The highest BCUT2D eigenvalue weighted by molar-refractivity contribution is 5.69. The number of carbonyl (C=O) groups excluding carboxylic acids is 1. The minimum absolute atomic E-state index is 0.492. The van der Waals surface area contributed by atoms with Crippen LogP contribution in [0.5, 0.6) is 0 Å². The van der Waals surface area contributed by atoms with Gasteiger partial charge in [-0.25, -0.2) is 15.6 Å². The van der Waals surface area contributed by atoms with Crippen LogP contribution < -0.4 is 16.9 Å². The van der Waals surface area contributed by atoms with E-state index in [4.69, 9.17) is 16.3 Å². The summed E-state index contributed by atoms with van der Waals surface area (Å²) in [5.74, 6) is 6.09. The van der Waals surface area contributed by atoms with E-state index in [1.54, 1.807) is 39.2 Å². The number of nitrogens with zero attached hydrogens (tertiary/aromatic N) is 2. The molecule has 21 heavy (non-hydrogen) atoms. The Balaban J connectivity index is 2.35. The van der Waals surface area contributed by atoms with E-state index in [-0.39, 0.29) is 0 Å². The molecule has 2 heterocycles. The normalized spacial score (nSPS) is 22.1. The summed E-state index contributed by atoms with van der Waals surface area (Å²) in [5, 5.41) is 4.39. The first-order valence-corrected chi connectivity index (χ1v) is 6.99. The number of aromatic nitrogens is 1. The van der Waals surface area contributed by atoms with Crippen LogP contribution in [-0.4, -0.2) is 28.2 Å². The SMILES string of the molecule is CC(C)(C)OC(=O)N(N)[C@]1(c2ccncc2N)CCCN1. The van der Waals surface area contributed by atoms with Crippen molar-refractivity contribution in [3.05, 3.63) is 24.0 Å². The van der Waals surface area contributed by atoms with Crippen LogP contribution in [0.4, 0.5) is 10.5 Å². The van der Waals surface area contributed by atoms with Gasteiger partial charge in [-0.15, -0.1) is 0 Å². The van der Waals surface area contributed by atoms with Crippen LogP contribution in [-0.2, 0) is 10.4 Å². The van der Waals surface area contributed by atoms with Crippen molar-refractivity contribution >= 4 is 11.8 Å². The molecule has 0 bridgehead atoms. The third-order valence-electron chi connectivity index (χ3n) is 3.43. The Hall–Kier alpha value is -1.86. The van der Waals surface area contributed by atoms with E-state index in [1.165, 1.54) is 0 Å². The second-order valence-electron chi connectivity index (χ2n) is 6.20. The summed E-state index contributed by atoms with van der Waals surface area (Å²) in [7, 11) is 0. The molecule has 0 spiro atoms. The Morgan fingerprint density at radius 1 is 1.52 bits per heavy atom. The molecule has 116 valence electrons. The first-order valence-electron chi connectivity index (χ1n) is 6.99. The van der Waals surface area contributed by atoms with E-state index in [1.807, 2.05) is 0 Å². The standard InChI is InChI=1S/C14H23N5O2/c1-13(2,3)21-12(20)19(16)14(6-4-7-18-14)10-5-8-17-9-11(10)15/h5,8-9,18H,4,6-7,15-16H2,1-3H3/t14-/m0/s1. The van der Waals surface area contributed by atoms with Gasteiger partial charge in [-0.2, -0.15) is 0 Å². The molecule has 1 aliphatic heterocycles. The van der Waals surface area contributed by atoms with Gasteiger partial charge in [-0.1, -0.05) is 0 Å². The highest BCUT2D eigenvalue weighted by Gasteiger charge is 2.45. The number of ether oxygens (including phenoxy) is 1. The summed E-state index contributed by atoms with van der Waals surface area (Å²) in [6.07, 6.45) is 4.15. The Morgan fingerprint density at radius 2 is 2.24 bits per heavy atom. The lowest BCUT2D eigenvalue weighted by atomic mass is 9.96. The average molecular weight is 293 g/mol. The van der Waals surface area contributed by atoms with Crippen LogP contribution in [0.15, 0.2) is 18.5 Å². The third-order valence-corrected chi connectivity index (χ3v) is 3.43. The van der Waals surface area contributed by atoms with Crippen molar-refractivity contribution < 1.29 is 9.53 Å². The van der Waals surface area contributed by atoms with Gasteiger partial charge in [-0.05, 0) is 46.2 Å². The first kappa shape index (κ1) is 15.5. The number of hydrazine groups is 1. The number of hydrogen-bond donors (Lipinski definition) is 3. The molecule has 1 amide bonds. The van der Waals surface area contributed by atoms with Crippen molar-refractivity contribution in [2.24, 2.45) is 5.84 Å². The number of anilines is 1. The van der Waals surface area contributed by atoms with Crippen molar-refractivity contribution in [3.63, 3.8) is 0 Å². The molecule has 5 N–H and O–H groups in total. The molecule has 1 fully saturated rings. The van der Waals surface area contributed by atoms with E-state index in [0.717, 1.165) is 23.5 Å². The van der Waals surface area contributed by atoms with Gasteiger partial charge in [0, 0.05) is 11.8 Å². The van der Waals surface area contributed by atoms with Gasteiger partial charge in [0.25, 0.3) is 0 Å². The topological polar surface area (TPSA) is 106 Å². The van der Waals surface area contributed by atoms with E-state index >= 15 is 0 Å². The molecule has 7 heteroatoms. The van der Waals surface area contributed by atoms with E-state index < -0.39 is 17.4 Å². The highest BCUT2D eigenvalue weighted by Crippen LogP contribution is 2.36. The molecular formula is C14H23N5O2. The van der Waals surface area contributed by atoms with Crippen molar-refractivity contribution in [1.82, 2.24) is 15.3 Å². The van der Waals surface area contributed by atoms with Gasteiger partial charge in [-0.3, -0.25) is 10.3 Å². The lowest BCUT2D eigenvalue weighted by molar-refractivity contribution is -0.0103. The van der Waals surface area contributed by atoms with Crippen LogP contribution >= 0.6 is 0 Å². The number of carbonyl (C=O) groups is 1. The monoisotopic (exact) mass is 293 g/mol. The zero-order chi connectivity index (χ0) is 15.7. The minimum atomic E-state index is -0.852. The molecule has 1 atom stereocenters. The minimum Gasteiger partial charge on any atom is -0.443 e. The number of rotatable bonds is 2. The number of hydrogen-bond acceptors (Lipinski definition) is 6. The number of nitrogens with two attached hydrogens (primary N) is 2. The van der Waals surface area contributed by atoms with Crippen LogP contribution in [0, 0.1) is 0 Å². The van der Waals surface area contributed by atoms with Crippen LogP contribution in [0.1, 0.15) is 39.2 Å². The molecule has 0 aliphatic carbocycles. The number of pyridine rings is 1. The van der Waals surface area contributed by atoms with Gasteiger partial charge in [0.05, 0.1) is 11.9 Å². The summed E-state index contributed by atoms with van der Waals surface area (Å²) in [5.41, 5.74) is 5.78. The number of nitrogens with one attached hydrogen (secondary N) is 1. The molecule has 0 unspecified atom stereocenters. The zero-order valence-corrected chi connectivity index (χ0v) is 12.7. The predicted octanol–water partition coefficient (Wildman–Crippen LogP) is 1.31. The fourth-order valence-corrected chi connectivity index (χ4v) is 2.54. The quantitative estimate of drug-likeness (QED) is 0.431. The van der Waals surface area contributed by atoms with Gasteiger partial charge in [0.1, 0.15) is 11.3 Å². The molecule has 2 rings (SSSR count). The van der Waals surface area contributed by atoms with Gasteiger partial charge in [0.2, 0.25) is 0 Å². The Labute approximate surface area is 124 Å². The zero-order valence-electron chi connectivity index (χ0n) is 12.7.